The molecule has 0 bridgehead atoms. The number of hydrogen-bond acceptors (Lipinski definition) is 4. The molecular formula is C23H27ClN2O4. The number of aliphatic carboxylic acids is 1. The molecule has 0 aliphatic carbocycles. The summed E-state index contributed by atoms with van der Waals surface area (Å²) < 4.78 is 5.51. The highest BCUT2D eigenvalue weighted by atomic mass is 35.5. The van der Waals surface area contributed by atoms with Crippen LogP contribution >= 0.6 is 12.4 Å². The molecule has 0 atom stereocenters. The van der Waals surface area contributed by atoms with Gasteiger partial charge in [-0.3, -0.25) is 9.59 Å². The van der Waals surface area contributed by atoms with Crippen molar-refractivity contribution in [1.82, 2.24) is 0 Å². The topological polar surface area (TPSA) is 92.9 Å². The smallest absolute Gasteiger partial charge is 0.303 e. The van der Waals surface area contributed by atoms with Crippen LogP contribution in [0.15, 0.2) is 54.3 Å². The van der Waals surface area contributed by atoms with Gasteiger partial charge in [0.15, 0.2) is 0 Å². The van der Waals surface area contributed by atoms with Gasteiger partial charge in [-0.1, -0.05) is 36.4 Å². The molecule has 0 aromatic heterocycles. The number of amides is 1. The van der Waals surface area contributed by atoms with E-state index in [0.717, 1.165) is 22.4 Å². The molecule has 1 aliphatic heterocycles. The van der Waals surface area contributed by atoms with Crippen molar-refractivity contribution < 1.29 is 19.4 Å². The van der Waals surface area contributed by atoms with E-state index < -0.39 is 11.5 Å². The van der Waals surface area contributed by atoms with Crippen LogP contribution in [0.4, 0.5) is 5.69 Å². The lowest BCUT2D eigenvalue weighted by Crippen LogP contribution is -2.29. The third kappa shape index (κ3) is 5.01. The molecule has 0 saturated heterocycles. The van der Waals surface area contributed by atoms with E-state index in [1.54, 1.807) is 12.0 Å². The number of rotatable bonds is 7. The number of ether oxygens (including phenoxy) is 1. The van der Waals surface area contributed by atoms with Crippen molar-refractivity contribution in [2.75, 3.05) is 18.6 Å². The lowest BCUT2D eigenvalue weighted by molar-refractivity contribution is -0.137. The summed E-state index contributed by atoms with van der Waals surface area (Å²) in [6.07, 6.45) is 0.531. The maximum atomic E-state index is 13.1. The van der Waals surface area contributed by atoms with Crippen LogP contribution in [0.25, 0.3) is 5.57 Å². The summed E-state index contributed by atoms with van der Waals surface area (Å²) in [4.78, 5) is 25.6. The van der Waals surface area contributed by atoms with E-state index in [4.69, 9.17) is 15.6 Å². The number of methoxy groups -OCH3 is 1. The molecule has 2 aromatic carbocycles. The number of carboxylic acid groups (broad SMARTS) is 1. The lowest BCUT2D eigenvalue weighted by atomic mass is 9.95. The first kappa shape index (κ1) is 23.4. The average Bonchev–Trinajstić information content (AvgIpc) is 3.02. The molecule has 1 heterocycles. The van der Waals surface area contributed by atoms with Crippen LogP contribution in [-0.2, 0) is 26.3 Å². The van der Waals surface area contributed by atoms with Gasteiger partial charge >= 0.3 is 5.97 Å². The average molecular weight is 431 g/mol. The highest BCUT2D eigenvalue weighted by molar-refractivity contribution is 6.29. The Kier molecular flexibility index (Phi) is 7.29. The number of benzene rings is 2. The first-order chi connectivity index (χ1) is 13.7. The zero-order valence-electron chi connectivity index (χ0n) is 17.3. The number of carbonyl (C=O) groups excluding carboxylic acids is 1. The van der Waals surface area contributed by atoms with Gasteiger partial charge in [0.25, 0.3) is 5.91 Å². The molecule has 6 nitrogen and oxygen atoms in total. The first-order valence-corrected chi connectivity index (χ1v) is 9.50. The van der Waals surface area contributed by atoms with Crippen LogP contribution < -0.4 is 10.6 Å². The molecule has 0 spiro atoms. The van der Waals surface area contributed by atoms with Crippen molar-refractivity contribution in [1.29, 1.82) is 0 Å². The summed E-state index contributed by atoms with van der Waals surface area (Å²) in [7, 11) is 1.56. The van der Waals surface area contributed by atoms with Gasteiger partial charge in [-0.15, -0.1) is 12.4 Å². The summed E-state index contributed by atoms with van der Waals surface area (Å²) in [6.45, 7) is 4.23. The Bertz CT molecular complexity index is 945. The monoisotopic (exact) mass is 430 g/mol. The van der Waals surface area contributed by atoms with Crippen LogP contribution in [0.2, 0.25) is 0 Å². The zero-order valence-corrected chi connectivity index (χ0v) is 18.2. The minimum absolute atomic E-state index is 0. The third-order valence-electron chi connectivity index (χ3n) is 5.08. The molecule has 1 amide bonds. The molecule has 0 fully saturated rings. The van der Waals surface area contributed by atoms with Crippen molar-refractivity contribution in [2.45, 2.75) is 32.2 Å². The fraction of sp³-hybridized carbons (Fsp3) is 0.304. The predicted molar refractivity (Wildman–Crippen MR) is 120 cm³/mol. The van der Waals surface area contributed by atoms with Crippen molar-refractivity contribution in [3.05, 3.63) is 71.0 Å². The predicted octanol–water partition coefficient (Wildman–Crippen LogP) is 3.72. The molecule has 3 rings (SSSR count). The molecular weight excluding hydrogens is 404 g/mol. The third-order valence-corrected chi connectivity index (χ3v) is 5.08. The molecule has 160 valence electrons. The van der Waals surface area contributed by atoms with Gasteiger partial charge in [-0.05, 0) is 49.1 Å². The summed E-state index contributed by atoms with van der Waals surface area (Å²) >= 11 is 0. The summed E-state index contributed by atoms with van der Waals surface area (Å²) in [5.74, 6) is -0.347. The fourth-order valence-corrected chi connectivity index (χ4v) is 3.37. The zero-order chi connectivity index (χ0) is 21.2. The van der Waals surface area contributed by atoms with Gasteiger partial charge in [-0.2, -0.15) is 0 Å². The second-order valence-electron chi connectivity index (χ2n) is 7.75. The summed E-state index contributed by atoms with van der Waals surface area (Å²) in [5.41, 5.74) is 9.67. The van der Waals surface area contributed by atoms with E-state index >= 15 is 0 Å². The Morgan fingerprint density at radius 1 is 1.13 bits per heavy atom. The number of hydrogen-bond donors (Lipinski definition) is 2. The van der Waals surface area contributed by atoms with E-state index in [-0.39, 0.29) is 24.7 Å². The molecule has 2 aromatic rings. The summed E-state index contributed by atoms with van der Waals surface area (Å²) in [6, 6.07) is 15.0. The maximum absolute atomic E-state index is 13.1. The normalized spacial score (nSPS) is 14.0. The quantitative estimate of drug-likeness (QED) is 0.698. The number of nitrogens with zero attached hydrogens (tertiary/aromatic N) is 1. The highest BCUT2D eigenvalue weighted by Gasteiger charge is 2.33. The van der Waals surface area contributed by atoms with Gasteiger partial charge in [0.2, 0.25) is 0 Å². The van der Waals surface area contributed by atoms with Gasteiger partial charge in [0.1, 0.15) is 5.76 Å². The second kappa shape index (κ2) is 9.32. The van der Waals surface area contributed by atoms with Crippen molar-refractivity contribution >= 4 is 35.5 Å². The maximum Gasteiger partial charge on any atom is 0.303 e. The Morgan fingerprint density at radius 2 is 1.73 bits per heavy atom. The molecule has 30 heavy (non-hydrogen) atoms. The van der Waals surface area contributed by atoms with Gasteiger partial charge in [0, 0.05) is 17.6 Å². The van der Waals surface area contributed by atoms with E-state index in [1.807, 2.05) is 62.4 Å². The van der Waals surface area contributed by atoms with Crippen molar-refractivity contribution in [3.8, 4) is 0 Å². The molecule has 3 N–H and O–H groups in total. The fourth-order valence-electron chi connectivity index (χ4n) is 3.37. The Labute approximate surface area is 182 Å². The van der Waals surface area contributed by atoms with E-state index in [2.05, 4.69) is 0 Å². The van der Waals surface area contributed by atoms with Gasteiger partial charge < -0.3 is 20.5 Å². The molecule has 0 radical (unpaired) electrons. The lowest BCUT2D eigenvalue weighted by Gasteiger charge is -2.21. The number of halogens is 1. The van der Waals surface area contributed by atoms with Crippen LogP contribution in [0, 0.1) is 0 Å². The molecule has 0 unspecified atom stereocenters. The number of aryl methyl sites for hydroxylation is 1. The number of carboxylic acids is 1. The second-order valence-corrected chi connectivity index (χ2v) is 7.75. The standard InChI is InChI=1S/C23H26N2O4.ClH/c1-23(2,24)17-9-11-18(12-10-17)25-14-19(29-3)21(22(25)28)16-7-4-15(5-8-16)6-13-20(26)27;/h4-5,7-12H,6,13-14,24H2,1-3H3,(H,26,27);1H. The SMILES string of the molecule is COC1=C(c2ccc(CCC(=O)O)cc2)C(=O)N(c2ccc(C(C)(C)N)cc2)C1.Cl. The minimum atomic E-state index is -0.830. The Hall–Kier alpha value is -2.83. The van der Waals surface area contributed by atoms with Gasteiger partial charge in [-0.25, -0.2) is 0 Å². The number of anilines is 1. The van der Waals surface area contributed by atoms with E-state index in [0.29, 0.717) is 24.3 Å². The molecule has 7 heteroatoms. The summed E-state index contributed by atoms with van der Waals surface area (Å²) in [5, 5.41) is 8.82. The van der Waals surface area contributed by atoms with Crippen LogP contribution in [0.5, 0.6) is 0 Å². The van der Waals surface area contributed by atoms with Crippen LogP contribution in [0.1, 0.15) is 37.0 Å². The van der Waals surface area contributed by atoms with Crippen molar-refractivity contribution in [2.24, 2.45) is 5.73 Å². The Balaban J connectivity index is 0.00000320. The van der Waals surface area contributed by atoms with E-state index in [9.17, 15) is 9.59 Å². The van der Waals surface area contributed by atoms with Gasteiger partial charge in [0.05, 0.1) is 19.2 Å². The van der Waals surface area contributed by atoms with Crippen LogP contribution in [0.3, 0.4) is 0 Å². The van der Waals surface area contributed by atoms with Crippen molar-refractivity contribution in [3.63, 3.8) is 0 Å². The molecule has 1 aliphatic rings. The van der Waals surface area contributed by atoms with E-state index in [1.165, 1.54) is 0 Å². The number of nitrogens with two attached hydrogens (primary N) is 1. The highest BCUT2D eigenvalue weighted by Crippen LogP contribution is 2.33. The van der Waals surface area contributed by atoms with Crippen LogP contribution in [-0.4, -0.2) is 30.6 Å². The minimum Gasteiger partial charge on any atom is -0.498 e. The number of carbonyl (C=O) groups is 2. The largest absolute Gasteiger partial charge is 0.498 e. The molecule has 0 saturated carbocycles. The Morgan fingerprint density at radius 3 is 2.23 bits per heavy atom. The first-order valence-electron chi connectivity index (χ1n) is 9.50.